The molecule has 13 heavy (non-hydrogen) atoms. The lowest BCUT2D eigenvalue weighted by Gasteiger charge is -2.32. The van der Waals surface area contributed by atoms with Gasteiger partial charge in [0.25, 0.3) is 0 Å². The zero-order valence-corrected chi connectivity index (χ0v) is 10.1. The van der Waals surface area contributed by atoms with Crippen molar-refractivity contribution in [3.05, 3.63) is 0 Å². The first kappa shape index (κ1) is 11.4. The minimum atomic E-state index is 0.362. The van der Waals surface area contributed by atoms with E-state index < -0.39 is 0 Å². The molecule has 0 saturated heterocycles. The molecule has 0 unspecified atom stereocenters. The molecule has 1 aliphatic carbocycles. The van der Waals surface area contributed by atoms with Crippen molar-refractivity contribution in [1.29, 1.82) is 0 Å². The van der Waals surface area contributed by atoms with Crippen molar-refractivity contribution in [2.45, 2.75) is 45.6 Å². The van der Waals surface area contributed by atoms with E-state index in [2.05, 4.69) is 38.4 Å². The monoisotopic (exact) mass is 201 g/mol. The number of thiol groups is 1. The molecule has 0 amide bonds. The van der Waals surface area contributed by atoms with Crippen LogP contribution >= 0.6 is 12.6 Å². The van der Waals surface area contributed by atoms with Gasteiger partial charge in [0.05, 0.1) is 0 Å². The SMILES string of the molecule is CN(CC(C)(C)CS)C1CCCC1. The number of rotatable bonds is 4. The van der Waals surface area contributed by atoms with Gasteiger partial charge in [0, 0.05) is 12.6 Å². The summed E-state index contributed by atoms with van der Waals surface area (Å²) in [5, 5.41) is 0. The number of hydrogen-bond donors (Lipinski definition) is 1. The number of nitrogens with zero attached hydrogens (tertiary/aromatic N) is 1. The van der Waals surface area contributed by atoms with Crippen LogP contribution in [-0.2, 0) is 0 Å². The Morgan fingerprint density at radius 3 is 2.31 bits per heavy atom. The van der Waals surface area contributed by atoms with Crippen LogP contribution in [0.4, 0.5) is 0 Å². The van der Waals surface area contributed by atoms with Gasteiger partial charge in [0.15, 0.2) is 0 Å². The molecule has 1 rings (SSSR count). The fourth-order valence-electron chi connectivity index (χ4n) is 2.20. The van der Waals surface area contributed by atoms with E-state index in [1.807, 2.05) is 0 Å². The highest BCUT2D eigenvalue weighted by molar-refractivity contribution is 7.80. The summed E-state index contributed by atoms with van der Waals surface area (Å²) in [7, 11) is 2.27. The van der Waals surface area contributed by atoms with E-state index in [4.69, 9.17) is 0 Å². The average molecular weight is 201 g/mol. The molecular formula is C11H23NS. The van der Waals surface area contributed by atoms with Gasteiger partial charge in [-0.2, -0.15) is 12.6 Å². The maximum absolute atomic E-state index is 4.39. The van der Waals surface area contributed by atoms with Crippen LogP contribution in [0.5, 0.6) is 0 Å². The largest absolute Gasteiger partial charge is 0.303 e. The van der Waals surface area contributed by atoms with Crippen molar-refractivity contribution in [3.63, 3.8) is 0 Å². The zero-order chi connectivity index (χ0) is 9.90. The molecular weight excluding hydrogens is 178 g/mol. The maximum atomic E-state index is 4.39. The first-order valence-electron chi connectivity index (χ1n) is 5.36. The molecule has 0 aromatic rings. The Labute approximate surface area is 88.3 Å². The van der Waals surface area contributed by atoms with Crippen molar-refractivity contribution in [3.8, 4) is 0 Å². The lowest BCUT2D eigenvalue weighted by molar-refractivity contribution is 0.177. The Morgan fingerprint density at radius 1 is 1.31 bits per heavy atom. The van der Waals surface area contributed by atoms with E-state index in [1.165, 1.54) is 32.2 Å². The van der Waals surface area contributed by atoms with Crippen molar-refractivity contribution in [1.82, 2.24) is 4.90 Å². The van der Waals surface area contributed by atoms with E-state index in [0.717, 1.165) is 11.8 Å². The quantitative estimate of drug-likeness (QED) is 0.685. The van der Waals surface area contributed by atoms with Crippen LogP contribution < -0.4 is 0 Å². The van der Waals surface area contributed by atoms with Crippen LogP contribution in [0, 0.1) is 5.41 Å². The second-order valence-electron chi connectivity index (χ2n) is 5.18. The summed E-state index contributed by atoms with van der Waals surface area (Å²) in [5.41, 5.74) is 0.362. The molecule has 0 radical (unpaired) electrons. The molecule has 78 valence electrons. The molecule has 1 saturated carbocycles. The molecule has 0 bridgehead atoms. The van der Waals surface area contributed by atoms with E-state index in [-0.39, 0.29) is 0 Å². The summed E-state index contributed by atoms with van der Waals surface area (Å²) in [6, 6.07) is 0.846. The molecule has 1 nitrogen and oxygen atoms in total. The summed E-state index contributed by atoms with van der Waals surface area (Å²) in [6.07, 6.45) is 5.66. The van der Waals surface area contributed by atoms with Crippen LogP contribution in [-0.4, -0.2) is 30.3 Å². The Morgan fingerprint density at radius 2 is 1.85 bits per heavy atom. The number of hydrogen-bond acceptors (Lipinski definition) is 2. The van der Waals surface area contributed by atoms with E-state index in [0.29, 0.717) is 5.41 Å². The molecule has 0 aromatic carbocycles. The molecule has 0 atom stereocenters. The Kier molecular flexibility index (Phi) is 4.11. The van der Waals surface area contributed by atoms with Crippen LogP contribution in [0.1, 0.15) is 39.5 Å². The second kappa shape index (κ2) is 4.70. The minimum Gasteiger partial charge on any atom is -0.303 e. The summed E-state index contributed by atoms with van der Waals surface area (Å²) in [4.78, 5) is 2.53. The first-order chi connectivity index (χ1) is 6.05. The predicted octanol–water partition coefficient (Wildman–Crippen LogP) is 2.82. The van der Waals surface area contributed by atoms with Gasteiger partial charge in [0.2, 0.25) is 0 Å². The van der Waals surface area contributed by atoms with Gasteiger partial charge in [-0.25, -0.2) is 0 Å². The predicted molar refractivity (Wildman–Crippen MR) is 62.5 cm³/mol. The zero-order valence-electron chi connectivity index (χ0n) is 9.21. The van der Waals surface area contributed by atoms with Gasteiger partial charge < -0.3 is 4.90 Å². The van der Waals surface area contributed by atoms with Gasteiger partial charge in [-0.05, 0) is 31.1 Å². The average Bonchev–Trinajstić information content (AvgIpc) is 2.55. The third-order valence-electron chi connectivity index (χ3n) is 3.05. The minimum absolute atomic E-state index is 0.362. The van der Waals surface area contributed by atoms with Crippen LogP contribution in [0.25, 0.3) is 0 Å². The molecule has 0 N–H and O–H groups in total. The fraction of sp³-hybridized carbons (Fsp3) is 1.00. The highest BCUT2D eigenvalue weighted by Gasteiger charge is 2.24. The molecule has 0 spiro atoms. The maximum Gasteiger partial charge on any atom is 0.00924 e. The Hall–Kier alpha value is 0.310. The smallest absolute Gasteiger partial charge is 0.00924 e. The van der Waals surface area contributed by atoms with Gasteiger partial charge in [-0.1, -0.05) is 26.7 Å². The topological polar surface area (TPSA) is 3.24 Å². The Balaban J connectivity index is 2.35. The van der Waals surface area contributed by atoms with Gasteiger partial charge in [-0.15, -0.1) is 0 Å². The van der Waals surface area contributed by atoms with Gasteiger partial charge in [0.1, 0.15) is 0 Å². The Bertz CT molecular complexity index is 150. The van der Waals surface area contributed by atoms with Crippen LogP contribution in [0.3, 0.4) is 0 Å². The third kappa shape index (κ3) is 3.51. The lowest BCUT2D eigenvalue weighted by atomic mass is 9.95. The summed E-state index contributed by atoms with van der Waals surface area (Å²) in [6.45, 7) is 5.78. The normalized spacial score (nSPS) is 20.1. The second-order valence-corrected chi connectivity index (χ2v) is 5.49. The molecule has 1 fully saturated rings. The van der Waals surface area contributed by atoms with Gasteiger partial charge >= 0.3 is 0 Å². The fourth-order valence-corrected chi connectivity index (χ4v) is 2.30. The van der Waals surface area contributed by atoms with Crippen molar-refractivity contribution >= 4 is 12.6 Å². The van der Waals surface area contributed by atoms with E-state index >= 15 is 0 Å². The summed E-state index contributed by atoms with van der Waals surface area (Å²) < 4.78 is 0. The van der Waals surface area contributed by atoms with Crippen LogP contribution in [0.2, 0.25) is 0 Å². The first-order valence-corrected chi connectivity index (χ1v) is 5.99. The van der Waals surface area contributed by atoms with E-state index in [9.17, 15) is 0 Å². The molecule has 0 heterocycles. The molecule has 0 aromatic heterocycles. The molecule has 1 aliphatic rings. The van der Waals surface area contributed by atoms with E-state index in [1.54, 1.807) is 0 Å². The van der Waals surface area contributed by atoms with Crippen molar-refractivity contribution in [2.24, 2.45) is 5.41 Å². The van der Waals surface area contributed by atoms with Gasteiger partial charge in [-0.3, -0.25) is 0 Å². The highest BCUT2D eigenvalue weighted by Crippen LogP contribution is 2.26. The third-order valence-corrected chi connectivity index (χ3v) is 3.91. The van der Waals surface area contributed by atoms with Crippen molar-refractivity contribution < 1.29 is 0 Å². The standard InChI is InChI=1S/C11H23NS/c1-11(2,9-13)8-12(3)10-6-4-5-7-10/h10,13H,4-9H2,1-3H3. The molecule has 0 aliphatic heterocycles. The lowest BCUT2D eigenvalue weighted by Crippen LogP contribution is -2.38. The van der Waals surface area contributed by atoms with Crippen molar-refractivity contribution in [2.75, 3.05) is 19.3 Å². The molecule has 2 heteroatoms. The van der Waals surface area contributed by atoms with Crippen LogP contribution in [0.15, 0.2) is 0 Å². The summed E-state index contributed by atoms with van der Waals surface area (Å²) in [5.74, 6) is 0.976. The summed E-state index contributed by atoms with van der Waals surface area (Å²) >= 11 is 4.39. The highest BCUT2D eigenvalue weighted by atomic mass is 32.1.